The van der Waals surface area contributed by atoms with Gasteiger partial charge in [-0.15, -0.1) is 0 Å². The highest BCUT2D eigenvalue weighted by Crippen LogP contribution is 2.48. The van der Waals surface area contributed by atoms with E-state index >= 15 is 0 Å². The predicted octanol–water partition coefficient (Wildman–Crippen LogP) is 7.04. The molecule has 1 fully saturated rings. The average Bonchev–Trinajstić information content (AvgIpc) is 3.57. The van der Waals surface area contributed by atoms with E-state index in [-0.39, 0.29) is 17.0 Å². The Morgan fingerprint density at radius 3 is 2.40 bits per heavy atom. The van der Waals surface area contributed by atoms with Gasteiger partial charge in [0.15, 0.2) is 0 Å². The summed E-state index contributed by atoms with van der Waals surface area (Å²) in [6, 6.07) is 11.4. The number of fused-ring (bicyclic) bond motifs is 5. The van der Waals surface area contributed by atoms with E-state index < -0.39 is 32.7 Å². The Kier molecular flexibility index (Phi) is 8.32. The summed E-state index contributed by atoms with van der Waals surface area (Å²) in [7, 11) is -2.22. The number of hydrogen-bond acceptors (Lipinski definition) is 6. The smallest absolute Gasteiger partial charge is 0.339 e. The Morgan fingerprint density at radius 2 is 1.77 bits per heavy atom. The van der Waals surface area contributed by atoms with Crippen LogP contribution in [-0.4, -0.2) is 52.1 Å². The zero-order valence-corrected chi connectivity index (χ0v) is 28.6. The molecular formula is C36H42N4O6S. The number of ether oxygens (including phenoxy) is 1. The van der Waals surface area contributed by atoms with Crippen LogP contribution >= 0.6 is 0 Å². The molecule has 1 aliphatic carbocycles. The zero-order chi connectivity index (χ0) is 33.8. The third-order valence-electron chi connectivity index (χ3n) is 9.35. The number of carboxylic acids is 1. The monoisotopic (exact) mass is 658 g/mol. The van der Waals surface area contributed by atoms with Crippen LogP contribution in [0.4, 0.5) is 0 Å². The first-order valence-electron chi connectivity index (χ1n) is 16.1. The molecule has 248 valence electrons. The number of nitrogens with one attached hydrogen (secondary N) is 1. The SMILES string of the molecule is COc1ccc2c(c1)C=C(c1c(C(=O)O)cnn1C(C)(C)C)Cn1c-2c(C2CCCCC2)c2ccc(C(=O)NS(=O)(=O)C(C)C)cc21. The Morgan fingerprint density at radius 1 is 1.04 bits per heavy atom. The van der Waals surface area contributed by atoms with Gasteiger partial charge >= 0.3 is 5.97 Å². The quantitative estimate of drug-likeness (QED) is 0.218. The minimum atomic E-state index is -3.84. The minimum Gasteiger partial charge on any atom is -0.497 e. The summed E-state index contributed by atoms with van der Waals surface area (Å²) < 4.78 is 37.0. The van der Waals surface area contributed by atoms with Gasteiger partial charge in [-0.3, -0.25) is 9.48 Å². The fraction of sp³-hybridized carbons (Fsp3) is 0.417. The number of aromatic carboxylic acids is 1. The number of carboxylic acid groups (broad SMARTS) is 1. The molecular weight excluding hydrogens is 616 g/mol. The molecule has 0 bridgehead atoms. The number of rotatable bonds is 7. The van der Waals surface area contributed by atoms with Gasteiger partial charge in [0.1, 0.15) is 11.3 Å². The number of carbonyl (C=O) groups excluding carboxylic acids is 1. The second-order valence-electron chi connectivity index (χ2n) is 13.9. The standard InChI is InChI=1S/C36H42N4O6S/c1-21(2)47(44,45)38-34(41)23-12-14-28-30(18-23)39-20-25(32-29(35(42)43)19-37-40(32)36(3,4)5)16-24-17-26(46-6)13-15-27(24)33(39)31(28)22-10-8-7-9-11-22/h12-19,21-22H,7-11,20H2,1-6H3,(H,38,41)(H,42,43). The minimum absolute atomic E-state index is 0.0991. The number of hydrogen-bond donors (Lipinski definition) is 2. The number of carbonyl (C=O) groups is 2. The molecule has 1 aliphatic heterocycles. The summed E-state index contributed by atoms with van der Waals surface area (Å²) >= 11 is 0. The third-order valence-corrected chi connectivity index (χ3v) is 11.1. The first-order valence-corrected chi connectivity index (χ1v) is 17.7. The molecule has 0 saturated heterocycles. The lowest BCUT2D eigenvalue weighted by Crippen LogP contribution is -2.35. The molecule has 2 aliphatic rings. The van der Waals surface area contributed by atoms with Crippen LogP contribution in [0, 0.1) is 0 Å². The lowest BCUT2D eigenvalue weighted by Gasteiger charge is -2.24. The maximum Gasteiger partial charge on any atom is 0.339 e. The van der Waals surface area contributed by atoms with E-state index in [1.807, 2.05) is 51.1 Å². The molecule has 0 radical (unpaired) electrons. The van der Waals surface area contributed by atoms with Crippen LogP contribution in [0.5, 0.6) is 5.75 Å². The van der Waals surface area contributed by atoms with Crippen molar-refractivity contribution in [1.29, 1.82) is 0 Å². The number of aromatic nitrogens is 3. The summed E-state index contributed by atoms with van der Waals surface area (Å²) in [6.45, 7) is 9.30. The second-order valence-corrected chi connectivity index (χ2v) is 16.1. The van der Waals surface area contributed by atoms with Crippen molar-refractivity contribution in [2.45, 2.75) is 90.0 Å². The third kappa shape index (κ3) is 5.86. The van der Waals surface area contributed by atoms with Gasteiger partial charge in [-0.25, -0.2) is 17.9 Å². The van der Waals surface area contributed by atoms with Crippen LogP contribution in [-0.2, 0) is 22.1 Å². The first kappa shape index (κ1) is 32.6. The van der Waals surface area contributed by atoms with Gasteiger partial charge in [0, 0.05) is 22.0 Å². The van der Waals surface area contributed by atoms with Crippen molar-refractivity contribution >= 4 is 44.5 Å². The molecule has 2 aromatic heterocycles. The van der Waals surface area contributed by atoms with Gasteiger partial charge in [-0.05, 0) is 106 Å². The number of benzene rings is 2. The lowest BCUT2D eigenvalue weighted by molar-refractivity contribution is 0.0696. The summed E-state index contributed by atoms with van der Waals surface area (Å²) in [4.78, 5) is 25.9. The number of methoxy groups -OCH3 is 1. The van der Waals surface area contributed by atoms with Crippen molar-refractivity contribution in [2.75, 3.05) is 7.11 Å². The van der Waals surface area contributed by atoms with Crippen molar-refractivity contribution < 1.29 is 27.9 Å². The second kappa shape index (κ2) is 12.0. The number of amides is 1. The van der Waals surface area contributed by atoms with Gasteiger partial charge in [0.25, 0.3) is 5.91 Å². The molecule has 2 aromatic carbocycles. The summed E-state index contributed by atoms with van der Waals surface area (Å²) in [5, 5.41) is 15.1. The maximum atomic E-state index is 13.3. The molecule has 0 spiro atoms. The van der Waals surface area contributed by atoms with Gasteiger partial charge in [0.05, 0.1) is 42.0 Å². The molecule has 10 nitrogen and oxygen atoms in total. The van der Waals surface area contributed by atoms with Crippen molar-refractivity contribution in [1.82, 2.24) is 19.1 Å². The van der Waals surface area contributed by atoms with Crippen LogP contribution in [0.25, 0.3) is 33.8 Å². The molecule has 47 heavy (non-hydrogen) atoms. The van der Waals surface area contributed by atoms with Gasteiger partial charge < -0.3 is 14.4 Å². The normalized spacial score (nSPS) is 15.6. The van der Waals surface area contributed by atoms with E-state index in [1.54, 1.807) is 23.9 Å². The Hall–Kier alpha value is -4.38. The van der Waals surface area contributed by atoms with Crippen LogP contribution in [0.2, 0.25) is 0 Å². The van der Waals surface area contributed by atoms with Gasteiger partial charge in [0.2, 0.25) is 10.0 Å². The Labute approximate surface area is 275 Å². The maximum absolute atomic E-state index is 13.3. The highest BCUT2D eigenvalue weighted by molar-refractivity contribution is 7.90. The molecule has 1 amide bonds. The van der Waals surface area contributed by atoms with Crippen molar-refractivity contribution in [3.63, 3.8) is 0 Å². The van der Waals surface area contributed by atoms with Crippen LogP contribution < -0.4 is 9.46 Å². The molecule has 2 N–H and O–H groups in total. The summed E-state index contributed by atoms with van der Waals surface area (Å²) in [5.41, 5.74) is 5.92. The molecule has 4 aromatic rings. The van der Waals surface area contributed by atoms with Crippen molar-refractivity contribution in [2.24, 2.45) is 0 Å². The summed E-state index contributed by atoms with van der Waals surface area (Å²) in [6.07, 6.45) is 8.93. The zero-order valence-electron chi connectivity index (χ0n) is 27.8. The van der Waals surface area contributed by atoms with E-state index in [0.717, 1.165) is 59.0 Å². The van der Waals surface area contributed by atoms with Crippen molar-refractivity contribution in [3.05, 3.63) is 70.5 Å². The van der Waals surface area contributed by atoms with E-state index in [2.05, 4.69) is 14.4 Å². The van der Waals surface area contributed by atoms with E-state index in [1.165, 1.54) is 32.0 Å². The largest absolute Gasteiger partial charge is 0.497 e. The van der Waals surface area contributed by atoms with Crippen molar-refractivity contribution in [3.8, 4) is 17.0 Å². The molecule has 0 unspecified atom stereocenters. The van der Waals surface area contributed by atoms with E-state index in [9.17, 15) is 23.1 Å². The van der Waals surface area contributed by atoms with Crippen LogP contribution in [0.3, 0.4) is 0 Å². The molecule has 0 atom stereocenters. The molecule has 1 saturated carbocycles. The van der Waals surface area contributed by atoms with E-state index in [0.29, 0.717) is 18.0 Å². The van der Waals surface area contributed by atoms with Crippen LogP contribution in [0.1, 0.15) is 110 Å². The number of sulfonamides is 1. The van der Waals surface area contributed by atoms with Gasteiger partial charge in [-0.2, -0.15) is 5.10 Å². The molecule has 6 rings (SSSR count). The summed E-state index contributed by atoms with van der Waals surface area (Å²) in [5.74, 6) is -0.799. The fourth-order valence-corrected chi connectivity index (χ4v) is 7.57. The average molecular weight is 659 g/mol. The topological polar surface area (TPSA) is 133 Å². The predicted molar refractivity (Wildman–Crippen MR) is 183 cm³/mol. The van der Waals surface area contributed by atoms with E-state index in [4.69, 9.17) is 4.74 Å². The van der Waals surface area contributed by atoms with Crippen LogP contribution in [0.15, 0.2) is 42.6 Å². The first-order chi connectivity index (χ1) is 22.2. The lowest BCUT2D eigenvalue weighted by atomic mass is 9.81. The van der Waals surface area contributed by atoms with Gasteiger partial charge in [-0.1, -0.05) is 25.3 Å². The number of allylic oxidation sites excluding steroid dienone is 1. The Bertz CT molecular complexity index is 2040. The fourth-order valence-electron chi connectivity index (χ4n) is 6.95. The Balaban J connectivity index is 1.66. The molecule has 3 heterocycles. The molecule has 11 heteroatoms. The highest BCUT2D eigenvalue weighted by atomic mass is 32.2. The number of nitrogens with zero attached hydrogens (tertiary/aromatic N) is 3. The highest BCUT2D eigenvalue weighted by Gasteiger charge is 2.33.